The highest BCUT2D eigenvalue weighted by molar-refractivity contribution is 7.89. The van der Waals surface area contributed by atoms with E-state index in [1.54, 1.807) is 18.2 Å². The van der Waals surface area contributed by atoms with Crippen molar-refractivity contribution in [2.75, 3.05) is 18.9 Å². The van der Waals surface area contributed by atoms with Gasteiger partial charge in [0.05, 0.1) is 16.4 Å². The van der Waals surface area contributed by atoms with E-state index in [9.17, 15) is 23.3 Å². The second-order valence-electron chi connectivity index (χ2n) is 5.05. The van der Waals surface area contributed by atoms with Crippen molar-refractivity contribution in [3.05, 3.63) is 63.7 Å². The van der Waals surface area contributed by atoms with Crippen LogP contribution in [0.4, 0.5) is 11.4 Å². The van der Waals surface area contributed by atoms with Gasteiger partial charge in [0.15, 0.2) is 0 Å². The predicted molar refractivity (Wildman–Crippen MR) is 93.0 cm³/mol. The van der Waals surface area contributed by atoms with Crippen LogP contribution in [0.2, 0.25) is 5.02 Å². The number of halogens is 1. The van der Waals surface area contributed by atoms with Gasteiger partial charge in [0, 0.05) is 18.8 Å². The molecule has 0 saturated heterocycles. The van der Waals surface area contributed by atoms with Gasteiger partial charge >= 0.3 is 0 Å². The first-order valence-electron chi connectivity index (χ1n) is 6.97. The Morgan fingerprint density at radius 1 is 1.24 bits per heavy atom. The second kappa shape index (κ2) is 7.60. The fraction of sp³-hybridized carbons (Fsp3) is 0.133. The molecular formula is C15H14ClN3O5S. The fourth-order valence-corrected chi connectivity index (χ4v) is 3.33. The zero-order chi connectivity index (χ0) is 18.6. The molecule has 25 heavy (non-hydrogen) atoms. The van der Waals surface area contributed by atoms with E-state index in [1.807, 2.05) is 0 Å². The number of nitrogens with zero attached hydrogens (tertiary/aromatic N) is 2. The number of carbonyl (C=O) groups is 1. The molecule has 1 amide bonds. The Morgan fingerprint density at radius 2 is 1.88 bits per heavy atom. The average Bonchev–Trinajstić information content (AvgIpc) is 2.57. The van der Waals surface area contributed by atoms with E-state index in [0.29, 0.717) is 0 Å². The minimum Gasteiger partial charge on any atom is -0.325 e. The number of likely N-dealkylation sites (N-methyl/N-ethyl adjacent to an activating group) is 1. The smallest absolute Gasteiger partial charge is 0.289 e. The van der Waals surface area contributed by atoms with Crippen LogP contribution < -0.4 is 5.32 Å². The van der Waals surface area contributed by atoms with E-state index in [-0.39, 0.29) is 21.3 Å². The van der Waals surface area contributed by atoms with Gasteiger partial charge in [0.1, 0.15) is 5.02 Å². The number of rotatable bonds is 6. The Balaban J connectivity index is 2.10. The molecule has 1 N–H and O–H groups in total. The van der Waals surface area contributed by atoms with Crippen molar-refractivity contribution in [1.82, 2.24) is 4.31 Å². The Bertz CT molecular complexity index is 903. The summed E-state index contributed by atoms with van der Waals surface area (Å²) in [5.41, 5.74) is -0.212. The van der Waals surface area contributed by atoms with Gasteiger partial charge < -0.3 is 5.32 Å². The largest absolute Gasteiger partial charge is 0.325 e. The fourth-order valence-electron chi connectivity index (χ4n) is 1.99. The molecule has 132 valence electrons. The molecule has 0 aliphatic rings. The topological polar surface area (TPSA) is 110 Å². The molecule has 0 saturated carbocycles. The van der Waals surface area contributed by atoms with Gasteiger partial charge in [-0.15, -0.1) is 0 Å². The predicted octanol–water partition coefficient (Wildman–Crippen LogP) is 2.51. The summed E-state index contributed by atoms with van der Waals surface area (Å²) in [6.45, 7) is -0.451. The number of nitrogens with one attached hydrogen (secondary N) is 1. The lowest BCUT2D eigenvalue weighted by Gasteiger charge is -2.16. The monoisotopic (exact) mass is 383 g/mol. The maximum atomic E-state index is 12.3. The van der Waals surface area contributed by atoms with Gasteiger partial charge in [-0.1, -0.05) is 29.8 Å². The minimum absolute atomic E-state index is 0.0624. The summed E-state index contributed by atoms with van der Waals surface area (Å²) in [6, 6.07) is 11.4. The van der Waals surface area contributed by atoms with Crippen molar-refractivity contribution in [3.8, 4) is 0 Å². The summed E-state index contributed by atoms with van der Waals surface area (Å²) in [7, 11) is -2.54. The zero-order valence-electron chi connectivity index (χ0n) is 13.0. The molecule has 0 radical (unpaired) electrons. The van der Waals surface area contributed by atoms with Crippen LogP contribution in [0.1, 0.15) is 0 Å². The van der Waals surface area contributed by atoms with Gasteiger partial charge in [-0.3, -0.25) is 14.9 Å². The number of carbonyl (C=O) groups excluding carboxylic acids is 1. The summed E-state index contributed by atoms with van der Waals surface area (Å²) >= 11 is 5.70. The quantitative estimate of drug-likeness (QED) is 0.608. The summed E-state index contributed by atoms with van der Waals surface area (Å²) in [6.07, 6.45) is 0. The lowest BCUT2D eigenvalue weighted by Crippen LogP contribution is -2.34. The molecule has 0 aromatic heterocycles. The van der Waals surface area contributed by atoms with Crippen molar-refractivity contribution < 1.29 is 18.1 Å². The van der Waals surface area contributed by atoms with Crippen LogP contribution in [0.15, 0.2) is 53.4 Å². The molecule has 2 aromatic carbocycles. The Kier molecular flexibility index (Phi) is 5.73. The highest BCUT2D eigenvalue weighted by Gasteiger charge is 2.23. The molecule has 0 heterocycles. The summed E-state index contributed by atoms with van der Waals surface area (Å²) in [4.78, 5) is 22.3. The third-order valence-electron chi connectivity index (χ3n) is 3.24. The van der Waals surface area contributed by atoms with Crippen molar-refractivity contribution in [2.45, 2.75) is 4.90 Å². The van der Waals surface area contributed by atoms with Gasteiger partial charge in [-0.05, 0) is 24.3 Å². The molecular weight excluding hydrogens is 370 g/mol. The summed E-state index contributed by atoms with van der Waals surface area (Å²) in [5, 5.41) is 13.2. The maximum Gasteiger partial charge on any atom is 0.289 e. The van der Waals surface area contributed by atoms with Crippen LogP contribution in [0.5, 0.6) is 0 Å². The molecule has 2 aromatic rings. The molecule has 0 fully saturated rings. The van der Waals surface area contributed by atoms with E-state index in [0.717, 1.165) is 10.4 Å². The number of amides is 1. The molecule has 0 bridgehead atoms. The van der Waals surface area contributed by atoms with E-state index < -0.39 is 27.4 Å². The van der Waals surface area contributed by atoms with Gasteiger partial charge in [-0.25, -0.2) is 8.42 Å². The molecule has 2 rings (SSSR count). The van der Waals surface area contributed by atoms with Crippen LogP contribution in [-0.4, -0.2) is 37.1 Å². The molecule has 0 unspecified atom stereocenters. The van der Waals surface area contributed by atoms with Crippen LogP contribution in [0, 0.1) is 10.1 Å². The molecule has 0 aliphatic heterocycles. The first-order valence-corrected chi connectivity index (χ1v) is 8.79. The Morgan fingerprint density at radius 3 is 2.48 bits per heavy atom. The highest BCUT2D eigenvalue weighted by Crippen LogP contribution is 2.27. The van der Waals surface area contributed by atoms with Crippen molar-refractivity contribution in [2.24, 2.45) is 0 Å². The van der Waals surface area contributed by atoms with E-state index in [2.05, 4.69) is 5.32 Å². The van der Waals surface area contributed by atoms with Crippen molar-refractivity contribution in [3.63, 3.8) is 0 Å². The van der Waals surface area contributed by atoms with Crippen molar-refractivity contribution >= 4 is 38.9 Å². The first kappa shape index (κ1) is 18.8. The molecule has 0 atom stereocenters. The summed E-state index contributed by atoms with van der Waals surface area (Å²) < 4.78 is 25.6. The van der Waals surface area contributed by atoms with Crippen LogP contribution in [-0.2, 0) is 14.8 Å². The number of benzene rings is 2. The van der Waals surface area contributed by atoms with Crippen LogP contribution >= 0.6 is 11.6 Å². The number of sulfonamides is 1. The Hall–Kier alpha value is -2.49. The lowest BCUT2D eigenvalue weighted by molar-refractivity contribution is -0.384. The third kappa shape index (κ3) is 4.53. The number of nitro benzene ring substituents is 1. The second-order valence-corrected chi connectivity index (χ2v) is 7.50. The number of hydrogen-bond acceptors (Lipinski definition) is 5. The maximum absolute atomic E-state index is 12.3. The Labute approximate surface area is 149 Å². The number of nitro groups is 1. The zero-order valence-corrected chi connectivity index (χ0v) is 14.6. The van der Waals surface area contributed by atoms with Crippen LogP contribution in [0.3, 0.4) is 0 Å². The SMILES string of the molecule is CN(CC(=O)Nc1ccc(Cl)c([N+](=O)[O-])c1)S(=O)(=O)c1ccccc1. The average molecular weight is 384 g/mol. The van der Waals surface area contributed by atoms with Gasteiger partial charge in [-0.2, -0.15) is 4.31 Å². The minimum atomic E-state index is -3.81. The van der Waals surface area contributed by atoms with Crippen molar-refractivity contribution in [1.29, 1.82) is 0 Å². The molecule has 8 nitrogen and oxygen atoms in total. The molecule has 0 aliphatic carbocycles. The number of anilines is 1. The van der Waals surface area contributed by atoms with E-state index >= 15 is 0 Å². The first-order chi connectivity index (χ1) is 11.7. The highest BCUT2D eigenvalue weighted by atomic mass is 35.5. The summed E-state index contributed by atoms with van der Waals surface area (Å²) in [5.74, 6) is -0.640. The standard InChI is InChI=1S/C15H14ClN3O5S/c1-18(25(23,24)12-5-3-2-4-6-12)10-15(20)17-11-7-8-13(16)14(9-11)19(21)22/h2-9H,10H2,1H3,(H,17,20). The van der Waals surface area contributed by atoms with Crippen LogP contribution in [0.25, 0.3) is 0 Å². The normalized spacial score (nSPS) is 11.3. The van der Waals surface area contributed by atoms with Gasteiger partial charge in [0.2, 0.25) is 15.9 Å². The third-order valence-corrected chi connectivity index (χ3v) is 5.38. The molecule has 10 heteroatoms. The van der Waals surface area contributed by atoms with E-state index in [1.165, 1.54) is 31.3 Å². The van der Waals surface area contributed by atoms with Gasteiger partial charge in [0.25, 0.3) is 5.69 Å². The molecule has 0 spiro atoms. The lowest BCUT2D eigenvalue weighted by atomic mass is 10.3. The number of hydrogen-bond donors (Lipinski definition) is 1. The van der Waals surface area contributed by atoms with E-state index in [4.69, 9.17) is 11.6 Å².